The van der Waals surface area contributed by atoms with Crippen molar-refractivity contribution < 1.29 is 9.21 Å². The molecule has 6 nitrogen and oxygen atoms in total. The van der Waals surface area contributed by atoms with Gasteiger partial charge in [0.25, 0.3) is 5.91 Å². The molecule has 4 aromatic rings. The van der Waals surface area contributed by atoms with Crippen LogP contribution in [0.4, 0.5) is 0 Å². The van der Waals surface area contributed by atoms with Gasteiger partial charge < -0.3 is 8.98 Å². The highest BCUT2D eigenvalue weighted by atomic mass is 35.5. The van der Waals surface area contributed by atoms with E-state index >= 15 is 0 Å². The maximum absolute atomic E-state index is 13.6. The summed E-state index contributed by atoms with van der Waals surface area (Å²) in [5.74, 6) is 1.53. The number of furan rings is 1. The van der Waals surface area contributed by atoms with E-state index in [0.717, 1.165) is 46.7 Å². The zero-order chi connectivity index (χ0) is 22.1. The maximum Gasteiger partial charge on any atom is 0.263 e. The fourth-order valence-electron chi connectivity index (χ4n) is 4.18. The van der Waals surface area contributed by atoms with Crippen molar-refractivity contribution in [3.05, 3.63) is 89.1 Å². The first-order valence-electron chi connectivity index (χ1n) is 10.8. The molecule has 1 atom stereocenters. The van der Waals surface area contributed by atoms with Gasteiger partial charge in [0.15, 0.2) is 0 Å². The Morgan fingerprint density at radius 1 is 1.12 bits per heavy atom. The van der Waals surface area contributed by atoms with Crippen molar-refractivity contribution in [1.29, 1.82) is 0 Å². The number of imidazole rings is 1. The second kappa shape index (κ2) is 8.63. The highest BCUT2D eigenvalue weighted by molar-refractivity contribution is 6.30. The molecule has 0 aliphatic carbocycles. The summed E-state index contributed by atoms with van der Waals surface area (Å²) < 4.78 is 7.67. The second-order valence-electron chi connectivity index (χ2n) is 7.88. The smallest absolute Gasteiger partial charge is 0.263 e. The SMILES string of the molecule is CCCc1nc2ccccc2n1CC(=O)N1N=C(c2ccc(Cl)cc2)C[C@H]1c1ccco1. The molecule has 2 aromatic heterocycles. The Balaban J connectivity index is 1.50. The number of hydrazone groups is 1. The number of benzene rings is 2. The average molecular weight is 447 g/mol. The van der Waals surface area contributed by atoms with E-state index in [9.17, 15) is 4.79 Å². The number of nitrogens with zero attached hydrogens (tertiary/aromatic N) is 4. The van der Waals surface area contributed by atoms with Crippen LogP contribution < -0.4 is 0 Å². The van der Waals surface area contributed by atoms with Crippen LogP contribution in [0.1, 0.15) is 43.0 Å². The molecule has 162 valence electrons. The van der Waals surface area contributed by atoms with E-state index in [-0.39, 0.29) is 18.5 Å². The predicted octanol–water partition coefficient (Wildman–Crippen LogP) is 5.61. The number of rotatable bonds is 6. The highest BCUT2D eigenvalue weighted by Crippen LogP contribution is 2.34. The standard InChI is InChI=1S/C25H23ClN4O2/c1-2-6-24-27-19-7-3-4-8-21(19)29(24)16-25(31)30-22(23-9-5-14-32-23)15-20(28-30)17-10-12-18(26)13-11-17/h3-5,7-14,22H,2,6,15-16H2,1H3/t22-/m0/s1. The van der Waals surface area contributed by atoms with Crippen LogP contribution in [0.5, 0.6) is 0 Å². The van der Waals surface area contributed by atoms with E-state index in [0.29, 0.717) is 11.4 Å². The topological polar surface area (TPSA) is 63.6 Å². The fraction of sp³-hybridized carbons (Fsp3) is 0.240. The van der Waals surface area contributed by atoms with Crippen molar-refractivity contribution in [3.63, 3.8) is 0 Å². The molecule has 2 aromatic carbocycles. The number of carbonyl (C=O) groups excluding carboxylic acids is 1. The molecule has 0 unspecified atom stereocenters. The van der Waals surface area contributed by atoms with Crippen LogP contribution in [0, 0.1) is 0 Å². The van der Waals surface area contributed by atoms with Gasteiger partial charge in [-0.1, -0.05) is 42.8 Å². The maximum atomic E-state index is 13.6. The quantitative estimate of drug-likeness (QED) is 0.386. The number of halogens is 1. The van der Waals surface area contributed by atoms with Gasteiger partial charge in [0.05, 0.1) is 23.0 Å². The van der Waals surface area contributed by atoms with E-state index in [1.807, 2.05) is 65.2 Å². The van der Waals surface area contributed by atoms with E-state index in [4.69, 9.17) is 26.1 Å². The molecular weight excluding hydrogens is 424 g/mol. The molecule has 0 saturated heterocycles. The second-order valence-corrected chi connectivity index (χ2v) is 8.32. The normalized spacial score (nSPS) is 16.0. The molecule has 1 amide bonds. The summed E-state index contributed by atoms with van der Waals surface area (Å²) in [5, 5.41) is 6.95. The van der Waals surface area contributed by atoms with Crippen LogP contribution in [0.3, 0.4) is 0 Å². The number of hydrogen-bond acceptors (Lipinski definition) is 4. The van der Waals surface area contributed by atoms with E-state index in [1.165, 1.54) is 0 Å². The summed E-state index contributed by atoms with van der Waals surface area (Å²) in [6.07, 6.45) is 3.96. The van der Waals surface area contributed by atoms with Crippen molar-refractivity contribution in [1.82, 2.24) is 14.6 Å². The van der Waals surface area contributed by atoms with Crippen LogP contribution in [-0.4, -0.2) is 26.2 Å². The van der Waals surface area contributed by atoms with Crippen molar-refractivity contribution >= 4 is 34.3 Å². The molecule has 1 aliphatic rings. The lowest BCUT2D eigenvalue weighted by Gasteiger charge is -2.21. The van der Waals surface area contributed by atoms with Crippen LogP contribution >= 0.6 is 11.6 Å². The van der Waals surface area contributed by atoms with E-state index in [1.54, 1.807) is 11.3 Å². The summed E-state index contributed by atoms with van der Waals surface area (Å²) in [6.45, 7) is 2.28. The van der Waals surface area contributed by atoms with Crippen LogP contribution in [-0.2, 0) is 17.8 Å². The lowest BCUT2D eigenvalue weighted by molar-refractivity contribution is -0.134. The van der Waals surface area contributed by atoms with Gasteiger partial charge in [-0.3, -0.25) is 4.79 Å². The Hall–Kier alpha value is -3.38. The number of hydrogen-bond donors (Lipinski definition) is 0. The fourth-order valence-corrected chi connectivity index (χ4v) is 4.31. The first kappa shape index (κ1) is 20.5. The molecule has 5 rings (SSSR count). The summed E-state index contributed by atoms with van der Waals surface area (Å²) in [7, 11) is 0. The third-order valence-corrected chi connectivity index (χ3v) is 5.97. The average Bonchev–Trinajstić information content (AvgIpc) is 3.54. The molecule has 0 fully saturated rings. The van der Waals surface area contributed by atoms with Crippen LogP contribution in [0.2, 0.25) is 5.02 Å². The Kier molecular flexibility index (Phi) is 5.53. The summed E-state index contributed by atoms with van der Waals surface area (Å²) in [5.41, 5.74) is 3.64. The number of para-hydroxylation sites is 2. The van der Waals surface area contributed by atoms with Gasteiger partial charge in [-0.2, -0.15) is 5.10 Å². The van der Waals surface area contributed by atoms with Crippen LogP contribution in [0.25, 0.3) is 11.0 Å². The molecule has 0 radical (unpaired) electrons. The number of aryl methyl sites for hydroxylation is 1. The Morgan fingerprint density at radius 2 is 1.94 bits per heavy atom. The van der Waals surface area contributed by atoms with Crippen LogP contribution in [0.15, 0.2) is 76.4 Å². The molecule has 3 heterocycles. The minimum atomic E-state index is -0.285. The first-order chi connectivity index (χ1) is 15.6. The monoisotopic (exact) mass is 446 g/mol. The number of aromatic nitrogens is 2. The third-order valence-electron chi connectivity index (χ3n) is 5.72. The number of fused-ring (bicyclic) bond motifs is 1. The van der Waals surface area contributed by atoms with Gasteiger partial charge in [-0.05, 0) is 48.4 Å². The predicted molar refractivity (Wildman–Crippen MR) is 125 cm³/mol. The van der Waals surface area contributed by atoms with E-state index < -0.39 is 0 Å². The minimum absolute atomic E-state index is 0.101. The Labute approximate surface area is 191 Å². The lowest BCUT2D eigenvalue weighted by Crippen LogP contribution is -2.30. The van der Waals surface area contributed by atoms with E-state index in [2.05, 4.69) is 6.92 Å². The first-order valence-corrected chi connectivity index (χ1v) is 11.1. The number of carbonyl (C=O) groups is 1. The molecular formula is C25H23ClN4O2. The molecule has 7 heteroatoms. The number of amides is 1. The lowest BCUT2D eigenvalue weighted by atomic mass is 10.0. The molecule has 0 spiro atoms. The van der Waals surface area contributed by atoms with Crippen molar-refractivity contribution in [2.45, 2.75) is 38.8 Å². The molecule has 0 saturated carbocycles. The third kappa shape index (κ3) is 3.82. The summed E-state index contributed by atoms with van der Waals surface area (Å²) in [6, 6.07) is 18.9. The molecule has 1 aliphatic heterocycles. The van der Waals surface area contributed by atoms with Crippen molar-refractivity contribution in [2.75, 3.05) is 0 Å². The van der Waals surface area contributed by atoms with Gasteiger partial charge in [0.2, 0.25) is 0 Å². The van der Waals surface area contributed by atoms with Crippen molar-refractivity contribution in [2.24, 2.45) is 5.10 Å². The van der Waals surface area contributed by atoms with Gasteiger partial charge in [-0.15, -0.1) is 0 Å². The van der Waals surface area contributed by atoms with Gasteiger partial charge >= 0.3 is 0 Å². The minimum Gasteiger partial charge on any atom is -0.467 e. The van der Waals surface area contributed by atoms with Gasteiger partial charge in [0.1, 0.15) is 24.2 Å². The zero-order valence-corrected chi connectivity index (χ0v) is 18.5. The highest BCUT2D eigenvalue weighted by Gasteiger charge is 2.35. The van der Waals surface area contributed by atoms with Gasteiger partial charge in [0, 0.05) is 17.9 Å². The van der Waals surface area contributed by atoms with Crippen molar-refractivity contribution in [3.8, 4) is 0 Å². The Bertz CT molecular complexity index is 1280. The molecule has 0 N–H and O–H groups in total. The zero-order valence-electron chi connectivity index (χ0n) is 17.7. The van der Waals surface area contributed by atoms with Gasteiger partial charge in [-0.25, -0.2) is 9.99 Å². The largest absolute Gasteiger partial charge is 0.467 e. The summed E-state index contributed by atoms with van der Waals surface area (Å²) >= 11 is 6.05. The Morgan fingerprint density at radius 3 is 2.69 bits per heavy atom. The summed E-state index contributed by atoms with van der Waals surface area (Å²) in [4.78, 5) is 18.3. The molecule has 0 bridgehead atoms. The molecule has 32 heavy (non-hydrogen) atoms.